The zero-order chi connectivity index (χ0) is 11.5. The lowest BCUT2D eigenvalue weighted by atomic mass is 10.4. The normalized spacial score (nSPS) is 10.3. The molecule has 84 valence electrons. The minimum absolute atomic E-state index is 0.107. The van der Waals surface area contributed by atoms with E-state index in [0.29, 0.717) is 12.4 Å². The summed E-state index contributed by atoms with van der Waals surface area (Å²) < 4.78 is 1.04. The Morgan fingerprint density at radius 3 is 3.12 bits per heavy atom. The van der Waals surface area contributed by atoms with Crippen LogP contribution in [0.5, 0.6) is 0 Å². The maximum atomic E-state index is 11.2. The zero-order valence-corrected chi connectivity index (χ0v) is 10.6. The smallest absolute Gasteiger partial charge is 0.276 e. The van der Waals surface area contributed by atoms with Crippen molar-refractivity contribution in [3.05, 3.63) is 37.5 Å². The SMILES string of the molecule is Nc1c(NCc2sccc2Br)nc[nH]c1=O. The van der Waals surface area contributed by atoms with E-state index in [1.807, 2.05) is 11.4 Å². The Balaban J connectivity index is 2.14. The molecule has 0 aliphatic rings. The van der Waals surface area contributed by atoms with Gasteiger partial charge in [0, 0.05) is 9.35 Å². The summed E-state index contributed by atoms with van der Waals surface area (Å²) in [5.41, 5.74) is 5.36. The molecule has 2 heterocycles. The van der Waals surface area contributed by atoms with Crippen LogP contribution < -0.4 is 16.6 Å². The van der Waals surface area contributed by atoms with Crippen molar-refractivity contribution >= 4 is 38.8 Å². The number of aromatic amines is 1. The molecule has 2 aromatic rings. The molecular formula is C9H9BrN4OS. The standard InChI is InChI=1S/C9H9BrN4OS/c10-5-1-2-16-6(5)3-12-8-7(11)9(15)14-4-13-8/h1-2,4H,3,11H2,(H2,12,13,14,15). The Labute approximate surface area is 104 Å². The molecule has 0 atom stereocenters. The molecule has 0 bridgehead atoms. The lowest BCUT2D eigenvalue weighted by Gasteiger charge is -2.05. The number of anilines is 2. The van der Waals surface area contributed by atoms with Crippen molar-refractivity contribution in [1.29, 1.82) is 0 Å². The van der Waals surface area contributed by atoms with E-state index >= 15 is 0 Å². The monoisotopic (exact) mass is 300 g/mol. The summed E-state index contributed by atoms with van der Waals surface area (Å²) in [6.07, 6.45) is 1.32. The van der Waals surface area contributed by atoms with Gasteiger partial charge in [0.1, 0.15) is 5.69 Å². The minimum Gasteiger partial charge on any atom is -0.391 e. The van der Waals surface area contributed by atoms with Gasteiger partial charge in [0.05, 0.1) is 12.9 Å². The van der Waals surface area contributed by atoms with Crippen LogP contribution in [0.25, 0.3) is 0 Å². The predicted octanol–water partition coefficient (Wildman–Crippen LogP) is 1.79. The van der Waals surface area contributed by atoms with E-state index in [9.17, 15) is 4.79 Å². The third-order valence-corrected chi connectivity index (χ3v) is 3.92. The molecule has 0 saturated carbocycles. The van der Waals surface area contributed by atoms with Crippen LogP contribution in [0.3, 0.4) is 0 Å². The molecule has 0 fully saturated rings. The van der Waals surface area contributed by atoms with E-state index in [0.717, 1.165) is 9.35 Å². The fourth-order valence-electron chi connectivity index (χ4n) is 1.17. The first-order valence-corrected chi connectivity index (χ1v) is 6.14. The summed E-state index contributed by atoms with van der Waals surface area (Å²) in [6.45, 7) is 0.582. The molecule has 7 heteroatoms. The number of nitrogens with zero attached hydrogens (tertiary/aromatic N) is 1. The van der Waals surface area contributed by atoms with Gasteiger partial charge in [-0.15, -0.1) is 11.3 Å². The summed E-state index contributed by atoms with van der Waals surface area (Å²) in [6, 6.07) is 1.97. The summed E-state index contributed by atoms with van der Waals surface area (Å²) in [7, 11) is 0. The van der Waals surface area contributed by atoms with Crippen LogP contribution in [-0.4, -0.2) is 9.97 Å². The number of H-pyrrole nitrogens is 1. The number of rotatable bonds is 3. The van der Waals surface area contributed by atoms with Crippen LogP contribution >= 0.6 is 27.3 Å². The first kappa shape index (κ1) is 11.2. The summed E-state index contributed by atoms with van der Waals surface area (Å²) in [4.78, 5) is 18.7. The van der Waals surface area contributed by atoms with Crippen LogP contribution in [0, 0.1) is 0 Å². The van der Waals surface area contributed by atoms with Gasteiger partial charge in [-0.3, -0.25) is 4.79 Å². The van der Waals surface area contributed by atoms with Gasteiger partial charge in [-0.1, -0.05) is 0 Å². The van der Waals surface area contributed by atoms with Gasteiger partial charge < -0.3 is 16.0 Å². The predicted molar refractivity (Wildman–Crippen MR) is 68.6 cm³/mol. The van der Waals surface area contributed by atoms with Gasteiger partial charge in [0.15, 0.2) is 5.82 Å². The Morgan fingerprint density at radius 2 is 2.44 bits per heavy atom. The second kappa shape index (κ2) is 4.67. The maximum Gasteiger partial charge on any atom is 0.276 e. The minimum atomic E-state index is -0.331. The van der Waals surface area contributed by atoms with Gasteiger partial charge in [-0.2, -0.15) is 0 Å². The van der Waals surface area contributed by atoms with Crippen molar-refractivity contribution in [2.45, 2.75) is 6.54 Å². The van der Waals surface area contributed by atoms with Crippen molar-refractivity contribution in [1.82, 2.24) is 9.97 Å². The topological polar surface area (TPSA) is 83.8 Å². The van der Waals surface area contributed by atoms with Gasteiger partial charge in [-0.05, 0) is 27.4 Å². The lowest BCUT2D eigenvalue weighted by Crippen LogP contribution is -2.15. The summed E-state index contributed by atoms with van der Waals surface area (Å²) in [5.74, 6) is 0.407. The van der Waals surface area contributed by atoms with Gasteiger partial charge in [0.25, 0.3) is 5.56 Å². The molecule has 0 amide bonds. The molecule has 0 aliphatic heterocycles. The number of halogens is 1. The Hall–Kier alpha value is -1.34. The second-order valence-corrected chi connectivity index (χ2v) is 4.89. The molecule has 0 aliphatic carbocycles. The zero-order valence-electron chi connectivity index (χ0n) is 8.16. The highest BCUT2D eigenvalue weighted by Crippen LogP contribution is 2.23. The van der Waals surface area contributed by atoms with E-state index in [1.165, 1.54) is 6.33 Å². The Bertz CT molecular complexity index is 550. The number of nitrogens with two attached hydrogens (primary N) is 1. The molecule has 0 saturated heterocycles. The van der Waals surface area contributed by atoms with E-state index in [1.54, 1.807) is 11.3 Å². The average Bonchev–Trinajstić information content (AvgIpc) is 2.67. The molecule has 2 aromatic heterocycles. The van der Waals surface area contributed by atoms with Crippen LogP contribution in [0.2, 0.25) is 0 Å². The highest BCUT2D eigenvalue weighted by molar-refractivity contribution is 9.10. The van der Waals surface area contributed by atoms with Crippen LogP contribution in [-0.2, 0) is 6.54 Å². The molecule has 4 N–H and O–H groups in total. The van der Waals surface area contributed by atoms with E-state index in [4.69, 9.17) is 5.73 Å². The van der Waals surface area contributed by atoms with E-state index in [2.05, 4.69) is 31.2 Å². The number of hydrogen-bond acceptors (Lipinski definition) is 5. The molecule has 0 spiro atoms. The van der Waals surface area contributed by atoms with Gasteiger partial charge in [0.2, 0.25) is 0 Å². The average molecular weight is 301 g/mol. The van der Waals surface area contributed by atoms with Crippen molar-refractivity contribution in [3.63, 3.8) is 0 Å². The lowest BCUT2D eigenvalue weighted by molar-refractivity contribution is 1.08. The largest absolute Gasteiger partial charge is 0.391 e. The van der Waals surface area contributed by atoms with Crippen molar-refractivity contribution in [3.8, 4) is 0 Å². The van der Waals surface area contributed by atoms with Crippen LogP contribution in [0.15, 0.2) is 27.0 Å². The highest BCUT2D eigenvalue weighted by atomic mass is 79.9. The first-order valence-electron chi connectivity index (χ1n) is 4.47. The van der Waals surface area contributed by atoms with Crippen molar-refractivity contribution in [2.24, 2.45) is 0 Å². The van der Waals surface area contributed by atoms with Crippen molar-refractivity contribution < 1.29 is 0 Å². The molecule has 5 nitrogen and oxygen atoms in total. The van der Waals surface area contributed by atoms with Crippen LogP contribution in [0.1, 0.15) is 4.88 Å². The molecule has 2 rings (SSSR count). The van der Waals surface area contributed by atoms with E-state index in [-0.39, 0.29) is 11.2 Å². The summed E-state index contributed by atoms with van der Waals surface area (Å²) >= 11 is 5.04. The Kier molecular flexibility index (Phi) is 3.25. The second-order valence-electron chi connectivity index (χ2n) is 3.04. The van der Waals surface area contributed by atoms with Crippen LogP contribution in [0.4, 0.5) is 11.5 Å². The molecule has 0 aromatic carbocycles. The quantitative estimate of drug-likeness (QED) is 0.807. The fraction of sp³-hybridized carbons (Fsp3) is 0.111. The fourth-order valence-corrected chi connectivity index (χ4v) is 2.60. The molecule has 0 unspecified atom stereocenters. The first-order chi connectivity index (χ1) is 7.68. The van der Waals surface area contributed by atoms with Gasteiger partial charge >= 0.3 is 0 Å². The number of hydrogen-bond donors (Lipinski definition) is 3. The Morgan fingerprint density at radius 1 is 1.62 bits per heavy atom. The third kappa shape index (κ3) is 2.25. The van der Waals surface area contributed by atoms with E-state index < -0.39 is 0 Å². The molecule has 0 radical (unpaired) electrons. The molecule has 16 heavy (non-hydrogen) atoms. The highest BCUT2D eigenvalue weighted by Gasteiger charge is 2.05. The number of aromatic nitrogens is 2. The summed E-state index contributed by atoms with van der Waals surface area (Å²) in [5, 5.41) is 5.00. The number of nitrogen functional groups attached to an aromatic ring is 1. The van der Waals surface area contributed by atoms with Crippen molar-refractivity contribution in [2.75, 3.05) is 11.1 Å². The number of nitrogens with one attached hydrogen (secondary N) is 2. The number of thiophene rings is 1. The van der Waals surface area contributed by atoms with Gasteiger partial charge in [-0.25, -0.2) is 4.98 Å². The maximum absolute atomic E-state index is 11.2. The molecular weight excluding hydrogens is 292 g/mol. The third-order valence-electron chi connectivity index (χ3n) is 2.00.